The monoisotopic (exact) mass is 253 g/mol. The SMILES string of the molecule is CCCC(CC)OC(=O)NCCCn1ccnc1. The van der Waals surface area contributed by atoms with Gasteiger partial charge >= 0.3 is 6.09 Å². The fourth-order valence-corrected chi connectivity index (χ4v) is 1.73. The zero-order valence-electron chi connectivity index (χ0n) is 11.3. The van der Waals surface area contributed by atoms with E-state index in [0.29, 0.717) is 6.54 Å². The van der Waals surface area contributed by atoms with E-state index in [1.807, 2.05) is 17.7 Å². The van der Waals surface area contributed by atoms with E-state index < -0.39 is 0 Å². The zero-order valence-corrected chi connectivity index (χ0v) is 11.3. The Kier molecular flexibility index (Phi) is 6.91. The Morgan fingerprint density at radius 1 is 1.50 bits per heavy atom. The second-order valence-corrected chi connectivity index (χ2v) is 4.31. The molecule has 0 saturated carbocycles. The third-order valence-electron chi connectivity index (χ3n) is 2.76. The van der Waals surface area contributed by atoms with Crippen LogP contribution in [0, 0.1) is 0 Å². The van der Waals surface area contributed by atoms with Crippen molar-refractivity contribution in [1.82, 2.24) is 14.9 Å². The van der Waals surface area contributed by atoms with Crippen molar-refractivity contribution in [2.75, 3.05) is 6.54 Å². The maximum Gasteiger partial charge on any atom is 0.407 e. The maximum atomic E-state index is 11.5. The number of aryl methyl sites for hydroxylation is 1. The first-order valence-corrected chi connectivity index (χ1v) is 6.66. The van der Waals surface area contributed by atoms with Gasteiger partial charge in [-0.25, -0.2) is 9.78 Å². The second-order valence-electron chi connectivity index (χ2n) is 4.31. The van der Waals surface area contributed by atoms with Gasteiger partial charge in [0.05, 0.1) is 6.33 Å². The number of amides is 1. The van der Waals surface area contributed by atoms with E-state index in [0.717, 1.165) is 32.2 Å². The normalized spacial score (nSPS) is 12.1. The minimum absolute atomic E-state index is 0.0450. The van der Waals surface area contributed by atoms with E-state index in [-0.39, 0.29) is 12.2 Å². The molecule has 1 aromatic rings. The Labute approximate surface area is 109 Å². The first-order valence-electron chi connectivity index (χ1n) is 6.66. The molecule has 5 heteroatoms. The topological polar surface area (TPSA) is 56.1 Å². The molecule has 1 aromatic heterocycles. The summed E-state index contributed by atoms with van der Waals surface area (Å²) < 4.78 is 7.29. The quantitative estimate of drug-likeness (QED) is 0.724. The second kappa shape index (κ2) is 8.55. The highest BCUT2D eigenvalue weighted by Crippen LogP contribution is 2.06. The Morgan fingerprint density at radius 3 is 2.94 bits per heavy atom. The van der Waals surface area contributed by atoms with Crippen LogP contribution in [0.5, 0.6) is 0 Å². The first kappa shape index (κ1) is 14.5. The van der Waals surface area contributed by atoms with Crippen molar-refractivity contribution in [1.29, 1.82) is 0 Å². The van der Waals surface area contributed by atoms with Crippen LogP contribution in [0.25, 0.3) is 0 Å². The van der Waals surface area contributed by atoms with Gasteiger partial charge in [0.25, 0.3) is 0 Å². The first-order chi connectivity index (χ1) is 8.76. The van der Waals surface area contributed by atoms with E-state index in [1.54, 1.807) is 12.5 Å². The standard InChI is InChI=1S/C13H23N3O2/c1-3-6-12(4-2)18-13(17)15-7-5-9-16-10-8-14-11-16/h8,10-12H,3-7,9H2,1-2H3,(H,15,17). The van der Waals surface area contributed by atoms with Gasteiger partial charge in [0.15, 0.2) is 0 Å². The summed E-state index contributed by atoms with van der Waals surface area (Å²) in [4.78, 5) is 15.5. The van der Waals surface area contributed by atoms with Crippen molar-refractivity contribution < 1.29 is 9.53 Å². The van der Waals surface area contributed by atoms with Gasteiger partial charge in [-0.1, -0.05) is 20.3 Å². The summed E-state index contributed by atoms with van der Waals surface area (Å²) >= 11 is 0. The lowest BCUT2D eigenvalue weighted by molar-refractivity contribution is 0.0897. The summed E-state index contributed by atoms with van der Waals surface area (Å²) in [5.74, 6) is 0. The minimum Gasteiger partial charge on any atom is -0.446 e. The van der Waals surface area contributed by atoms with Crippen LogP contribution in [0.15, 0.2) is 18.7 Å². The molecule has 0 aliphatic heterocycles. The van der Waals surface area contributed by atoms with Crippen LogP contribution in [-0.4, -0.2) is 28.3 Å². The maximum absolute atomic E-state index is 11.5. The molecule has 0 spiro atoms. The molecule has 1 atom stereocenters. The summed E-state index contributed by atoms with van der Waals surface area (Å²) in [5, 5.41) is 2.77. The van der Waals surface area contributed by atoms with Crippen LogP contribution in [0.3, 0.4) is 0 Å². The van der Waals surface area contributed by atoms with Gasteiger partial charge in [-0.15, -0.1) is 0 Å². The molecule has 0 saturated heterocycles. The molecule has 18 heavy (non-hydrogen) atoms. The van der Waals surface area contributed by atoms with E-state index in [1.165, 1.54) is 0 Å². The van der Waals surface area contributed by atoms with Crippen molar-refractivity contribution in [3.63, 3.8) is 0 Å². The van der Waals surface area contributed by atoms with E-state index in [4.69, 9.17) is 4.74 Å². The molecule has 0 aromatic carbocycles. The molecule has 0 bridgehead atoms. The van der Waals surface area contributed by atoms with Gasteiger partial charge in [-0.05, 0) is 19.3 Å². The number of carbonyl (C=O) groups is 1. The Balaban J connectivity index is 2.09. The summed E-state index contributed by atoms with van der Waals surface area (Å²) in [6.45, 7) is 5.60. The fourth-order valence-electron chi connectivity index (χ4n) is 1.73. The highest BCUT2D eigenvalue weighted by Gasteiger charge is 2.10. The molecular weight excluding hydrogens is 230 g/mol. The molecular formula is C13H23N3O2. The molecule has 1 N–H and O–H groups in total. The summed E-state index contributed by atoms with van der Waals surface area (Å²) in [6, 6.07) is 0. The smallest absolute Gasteiger partial charge is 0.407 e. The number of carbonyl (C=O) groups excluding carboxylic acids is 1. The van der Waals surface area contributed by atoms with Gasteiger partial charge in [-0.3, -0.25) is 0 Å². The lowest BCUT2D eigenvalue weighted by Crippen LogP contribution is -2.29. The molecule has 0 radical (unpaired) electrons. The molecule has 1 unspecified atom stereocenters. The molecule has 1 heterocycles. The van der Waals surface area contributed by atoms with Crippen LogP contribution >= 0.6 is 0 Å². The minimum atomic E-state index is -0.305. The van der Waals surface area contributed by atoms with Crippen molar-refractivity contribution in [2.45, 2.75) is 52.2 Å². The average Bonchev–Trinajstić information content (AvgIpc) is 2.87. The van der Waals surface area contributed by atoms with Crippen molar-refractivity contribution in [3.05, 3.63) is 18.7 Å². The summed E-state index contributed by atoms with van der Waals surface area (Å²) in [7, 11) is 0. The zero-order chi connectivity index (χ0) is 13.2. The lowest BCUT2D eigenvalue weighted by Gasteiger charge is -2.15. The van der Waals surface area contributed by atoms with Crippen LogP contribution in [0.1, 0.15) is 39.5 Å². The highest BCUT2D eigenvalue weighted by molar-refractivity contribution is 5.67. The van der Waals surface area contributed by atoms with Crippen LogP contribution in [0.2, 0.25) is 0 Å². The Hall–Kier alpha value is -1.52. The molecule has 1 amide bonds. The predicted molar refractivity (Wildman–Crippen MR) is 70.3 cm³/mol. The third-order valence-corrected chi connectivity index (χ3v) is 2.76. The molecule has 0 aliphatic rings. The summed E-state index contributed by atoms with van der Waals surface area (Å²) in [5.41, 5.74) is 0. The number of hydrogen-bond acceptors (Lipinski definition) is 3. The van der Waals surface area contributed by atoms with E-state index in [9.17, 15) is 4.79 Å². The molecule has 0 aliphatic carbocycles. The number of nitrogens with one attached hydrogen (secondary N) is 1. The number of alkyl carbamates (subject to hydrolysis) is 1. The highest BCUT2D eigenvalue weighted by atomic mass is 16.6. The number of imidazole rings is 1. The Bertz CT molecular complexity index is 325. The lowest BCUT2D eigenvalue weighted by atomic mass is 10.2. The predicted octanol–water partition coefficient (Wildman–Crippen LogP) is 2.58. The van der Waals surface area contributed by atoms with E-state index in [2.05, 4.69) is 17.2 Å². The van der Waals surface area contributed by atoms with Gasteiger partial charge in [0.1, 0.15) is 6.10 Å². The molecule has 1 rings (SSSR count). The van der Waals surface area contributed by atoms with Crippen molar-refractivity contribution >= 4 is 6.09 Å². The van der Waals surface area contributed by atoms with Crippen LogP contribution in [0.4, 0.5) is 4.79 Å². The van der Waals surface area contributed by atoms with E-state index >= 15 is 0 Å². The molecule has 5 nitrogen and oxygen atoms in total. The van der Waals surface area contributed by atoms with Gasteiger partial charge in [0, 0.05) is 25.5 Å². The van der Waals surface area contributed by atoms with Crippen molar-refractivity contribution in [3.8, 4) is 0 Å². The Morgan fingerprint density at radius 2 is 2.33 bits per heavy atom. The van der Waals surface area contributed by atoms with Gasteiger partial charge in [0.2, 0.25) is 0 Å². The number of aromatic nitrogens is 2. The largest absolute Gasteiger partial charge is 0.446 e. The van der Waals surface area contributed by atoms with Crippen LogP contribution in [-0.2, 0) is 11.3 Å². The molecule has 0 fully saturated rings. The fraction of sp³-hybridized carbons (Fsp3) is 0.692. The number of hydrogen-bond donors (Lipinski definition) is 1. The number of ether oxygens (including phenoxy) is 1. The summed E-state index contributed by atoms with van der Waals surface area (Å²) in [6.07, 6.45) is 8.87. The van der Waals surface area contributed by atoms with Gasteiger partial charge in [-0.2, -0.15) is 0 Å². The van der Waals surface area contributed by atoms with Crippen molar-refractivity contribution in [2.24, 2.45) is 0 Å². The third kappa shape index (κ3) is 5.70. The average molecular weight is 253 g/mol. The van der Waals surface area contributed by atoms with Crippen LogP contribution < -0.4 is 5.32 Å². The molecule has 102 valence electrons. The number of nitrogens with zero attached hydrogens (tertiary/aromatic N) is 2. The van der Waals surface area contributed by atoms with Gasteiger partial charge < -0.3 is 14.6 Å². The number of rotatable bonds is 8.